The van der Waals surface area contributed by atoms with Crippen molar-refractivity contribution in [2.45, 2.75) is 45.5 Å². The van der Waals surface area contributed by atoms with Gasteiger partial charge in [-0.15, -0.1) is 11.6 Å². The summed E-state index contributed by atoms with van der Waals surface area (Å²) in [5.74, 6) is 1.63. The van der Waals surface area contributed by atoms with Gasteiger partial charge in [-0.1, -0.05) is 24.6 Å². The van der Waals surface area contributed by atoms with E-state index in [2.05, 4.69) is 53.2 Å². The van der Waals surface area contributed by atoms with Crippen LogP contribution in [0.2, 0.25) is 0 Å². The summed E-state index contributed by atoms with van der Waals surface area (Å²) < 4.78 is 0. The molecule has 3 atom stereocenters. The summed E-state index contributed by atoms with van der Waals surface area (Å²) in [4.78, 5) is 12.7. The molecule has 0 radical (unpaired) electrons. The van der Waals surface area contributed by atoms with Crippen LogP contribution in [0.25, 0.3) is 0 Å². The average molecular weight is 332 g/mol. The summed E-state index contributed by atoms with van der Waals surface area (Å²) in [6, 6.07) is 4.66. The second kappa shape index (κ2) is 5.96. The van der Waals surface area contributed by atoms with Crippen molar-refractivity contribution in [3.8, 4) is 0 Å². The van der Waals surface area contributed by atoms with Gasteiger partial charge in [0.1, 0.15) is 0 Å². The zero-order chi connectivity index (χ0) is 16.7. The van der Waals surface area contributed by atoms with E-state index < -0.39 is 0 Å². The van der Waals surface area contributed by atoms with E-state index in [1.165, 1.54) is 22.3 Å². The largest absolute Gasteiger partial charge is 0.368 e. The maximum atomic E-state index is 6.08. The molecule has 0 aliphatic heterocycles. The van der Waals surface area contributed by atoms with Crippen LogP contribution in [0, 0.1) is 19.8 Å². The van der Waals surface area contributed by atoms with Gasteiger partial charge in [-0.05, 0) is 49.8 Å². The number of rotatable bonds is 3. The molecule has 0 unspecified atom stereocenters. The highest BCUT2D eigenvalue weighted by Crippen LogP contribution is 2.40. The number of nitrogens with one attached hydrogen (secondary N) is 1. The van der Waals surface area contributed by atoms with Crippen LogP contribution in [0.1, 0.15) is 53.3 Å². The average Bonchev–Trinajstić information content (AvgIpc) is 2.76. The van der Waals surface area contributed by atoms with Crippen LogP contribution in [0.5, 0.6) is 0 Å². The molecule has 0 spiro atoms. The van der Waals surface area contributed by atoms with Crippen molar-refractivity contribution in [2.24, 2.45) is 5.92 Å². The lowest BCUT2D eigenvalue weighted by Gasteiger charge is -2.19. The minimum atomic E-state index is -0.307. The third kappa shape index (κ3) is 3.11. The molecular weight excluding hydrogens is 310 g/mol. The van der Waals surface area contributed by atoms with E-state index >= 15 is 0 Å². The number of hydrogen-bond acceptors (Lipinski definition) is 5. The number of nitrogens with zero attached hydrogens (tertiary/aromatic N) is 3. The summed E-state index contributed by atoms with van der Waals surface area (Å²) in [7, 11) is 0. The standard InChI is InChI=1S/C17H22ClN5/c1-8-5-9(2)12-7-10(3)14(13(12)6-8)20-17-22-15(11(4)18)21-16(19)23-17/h5-6,10-11,14H,7H2,1-4H3,(H3,19,20,21,22,23)/t10-,11-,14+/m0/s1. The SMILES string of the molecule is Cc1cc(C)c2c(c1)[C@H](Nc1nc(N)nc([C@H](C)Cl)n1)[C@@H](C)C2. The Balaban J connectivity index is 1.96. The first-order chi connectivity index (χ1) is 10.8. The van der Waals surface area contributed by atoms with E-state index in [4.69, 9.17) is 17.3 Å². The first-order valence-electron chi connectivity index (χ1n) is 7.87. The molecule has 6 heteroatoms. The third-order valence-corrected chi connectivity index (χ3v) is 4.59. The molecule has 2 aromatic rings. The van der Waals surface area contributed by atoms with Gasteiger partial charge in [0, 0.05) is 0 Å². The van der Waals surface area contributed by atoms with Crippen LogP contribution in [-0.2, 0) is 6.42 Å². The number of alkyl halides is 1. The summed E-state index contributed by atoms with van der Waals surface area (Å²) in [6.07, 6.45) is 1.05. The van der Waals surface area contributed by atoms with E-state index in [1.54, 1.807) is 0 Å². The number of benzene rings is 1. The lowest BCUT2D eigenvalue weighted by Crippen LogP contribution is -2.18. The predicted molar refractivity (Wildman–Crippen MR) is 93.7 cm³/mol. The molecule has 0 bridgehead atoms. The minimum absolute atomic E-state index is 0.170. The number of hydrogen-bond donors (Lipinski definition) is 2. The van der Waals surface area contributed by atoms with E-state index in [9.17, 15) is 0 Å². The molecule has 1 aromatic heterocycles. The molecule has 1 aromatic carbocycles. The Morgan fingerprint density at radius 3 is 2.70 bits per heavy atom. The number of nitrogens with two attached hydrogens (primary N) is 1. The van der Waals surface area contributed by atoms with Gasteiger partial charge in [0.2, 0.25) is 11.9 Å². The molecule has 0 saturated carbocycles. The van der Waals surface area contributed by atoms with Gasteiger partial charge >= 0.3 is 0 Å². The van der Waals surface area contributed by atoms with Gasteiger partial charge in [0.25, 0.3) is 0 Å². The third-order valence-electron chi connectivity index (χ3n) is 4.39. The molecule has 5 nitrogen and oxygen atoms in total. The number of aromatic nitrogens is 3. The molecule has 0 amide bonds. The number of aryl methyl sites for hydroxylation is 2. The fourth-order valence-electron chi connectivity index (χ4n) is 3.34. The topological polar surface area (TPSA) is 76.7 Å². The number of nitrogen functional groups attached to an aromatic ring is 1. The summed E-state index contributed by atoms with van der Waals surface area (Å²) in [5, 5.41) is 3.13. The zero-order valence-electron chi connectivity index (χ0n) is 13.9. The first kappa shape index (κ1) is 16.0. The van der Waals surface area contributed by atoms with Crippen LogP contribution < -0.4 is 11.1 Å². The fraction of sp³-hybridized carbons (Fsp3) is 0.471. The summed E-state index contributed by atoms with van der Waals surface area (Å²) in [5.41, 5.74) is 11.2. The van der Waals surface area contributed by atoms with Crippen molar-refractivity contribution in [1.29, 1.82) is 0 Å². The summed E-state index contributed by atoms with van der Waals surface area (Å²) >= 11 is 6.08. The van der Waals surface area contributed by atoms with Crippen LogP contribution in [0.4, 0.5) is 11.9 Å². The highest BCUT2D eigenvalue weighted by atomic mass is 35.5. The van der Waals surface area contributed by atoms with E-state index in [0.29, 0.717) is 17.7 Å². The van der Waals surface area contributed by atoms with Gasteiger partial charge in [0.05, 0.1) is 11.4 Å². The Bertz CT molecular complexity index is 744. The van der Waals surface area contributed by atoms with E-state index in [0.717, 1.165) is 6.42 Å². The molecule has 3 N–H and O–H groups in total. The van der Waals surface area contributed by atoms with Crippen LogP contribution >= 0.6 is 11.6 Å². The molecule has 0 saturated heterocycles. The molecular formula is C17H22ClN5. The van der Waals surface area contributed by atoms with Crippen molar-refractivity contribution >= 4 is 23.5 Å². The highest BCUT2D eigenvalue weighted by molar-refractivity contribution is 6.20. The normalized spacial score (nSPS) is 21.1. The lowest BCUT2D eigenvalue weighted by molar-refractivity contribution is 0.538. The maximum Gasteiger partial charge on any atom is 0.228 e. The van der Waals surface area contributed by atoms with Gasteiger partial charge in [-0.25, -0.2) is 0 Å². The molecule has 1 aliphatic rings. The molecule has 122 valence electrons. The second-order valence-electron chi connectivity index (χ2n) is 6.44. The Morgan fingerprint density at radius 2 is 2.00 bits per heavy atom. The predicted octanol–water partition coefficient (Wildman–Crippen LogP) is 3.72. The van der Waals surface area contributed by atoms with Crippen molar-refractivity contribution < 1.29 is 0 Å². The number of fused-ring (bicyclic) bond motifs is 1. The van der Waals surface area contributed by atoms with E-state index in [1.807, 2.05) is 6.92 Å². The Kier molecular flexibility index (Phi) is 4.15. The Morgan fingerprint density at radius 1 is 1.26 bits per heavy atom. The number of halogens is 1. The van der Waals surface area contributed by atoms with E-state index in [-0.39, 0.29) is 17.4 Å². The van der Waals surface area contributed by atoms with Crippen molar-refractivity contribution in [3.05, 3.63) is 40.2 Å². The summed E-state index contributed by atoms with van der Waals surface area (Å²) in [6.45, 7) is 8.36. The smallest absolute Gasteiger partial charge is 0.228 e. The van der Waals surface area contributed by atoms with Gasteiger partial charge < -0.3 is 11.1 Å². The molecule has 0 fully saturated rings. The molecule has 23 heavy (non-hydrogen) atoms. The molecule has 3 rings (SSSR count). The van der Waals surface area contributed by atoms with Crippen molar-refractivity contribution in [1.82, 2.24) is 15.0 Å². The second-order valence-corrected chi connectivity index (χ2v) is 7.10. The van der Waals surface area contributed by atoms with Crippen molar-refractivity contribution in [3.63, 3.8) is 0 Å². The van der Waals surface area contributed by atoms with Crippen LogP contribution in [0.15, 0.2) is 12.1 Å². The van der Waals surface area contributed by atoms with Crippen LogP contribution in [0.3, 0.4) is 0 Å². The van der Waals surface area contributed by atoms with Gasteiger partial charge in [-0.3, -0.25) is 0 Å². The quantitative estimate of drug-likeness (QED) is 0.838. The monoisotopic (exact) mass is 331 g/mol. The molecule has 1 heterocycles. The Labute approximate surface area is 141 Å². The Hall–Kier alpha value is -1.88. The highest BCUT2D eigenvalue weighted by Gasteiger charge is 2.31. The lowest BCUT2D eigenvalue weighted by atomic mass is 9.99. The first-order valence-corrected chi connectivity index (χ1v) is 8.31. The maximum absolute atomic E-state index is 6.08. The van der Waals surface area contributed by atoms with Crippen LogP contribution in [-0.4, -0.2) is 15.0 Å². The minimum Gasteiger partial charge on any atom is -0.368 e. The fourth-order valence-corrected chi connectivity index (χ4v) is 3.44. The van der Waals surface area contributed by atoms with Gasteiger partial charge in [0.15, 0.2) is 5.82 Å². The van der Waals surface area contributed by atoms with Crippen molar-refractivity contribution in [2.75, 3.05) is 11.1 Å². The zero-order valence-corrected chi connectivity index (χ0v) is 14.6. The number of anilines is 2. The molecule has 1 aliphatic carbocycles. The van der Waals surface area contributed by atoms with Gasteiger partial charge in [-0.2, -0.15) is 15.0 Å².